The first-order valence-electron chi connectivity index (χ1n) is 9.24. The molecule has 4 heteroatoms. The highest BCUT2D eigenvalue weighted by molar-refractivity contribution is 5.95. The van der Waals surface area contributed by atoms with E-state index in [2.05, 4.69) is 18.7 Å². The maximum Gasteiger partial charge on any atom is 0.179 e. The van der Waals surface area contributed by atoms with Crippen molar-refractivity contribution in [2.24, 2.45) is 5.92 Å². The van der Waals surface area contributed by atoms with Crippen LogP contribution >= 0.6 is 12.4 Å². The molecule has 140 valence electrons. The van der Waals surface area contributed by atoms with Crippen LogP contribution in [0.1, 0.15) is 31.4 Å². The topological polar surface area (TPSA) is 29.5 Å². The second-order valence-electron chi connectivity index (χ2n) is 6.60. The predicted octanol–water partition coefficient (Wildman–Crippen LogP) is 4.30. The average Bonchev–Trinajstić information content (AvgIpc) is 3.01. The summed E-state index contributed by atoms with van der Waals surface area (Å²) in [5.74, 6) is 0.137. The molecular weight excluding hydrogens is 346 g/mol. The molecule has 3 rings (SSSR count). The van der Waals surface area contributed by atoms with Crippen molar-refractivity contribution in [1.82, 2.24) is 4.90 Å². The Kier molecular flexibility index (Phi) is 7.39. The van der Waals surface area contributed by atoms with Gasteiger partial charge in [0.1, 0.15) is 0 Å². The summed E-state index contributed by atoms with van der Waals surface area (Å²) in [5.41, 5.74) is 0.893. The second-order valence-corrected chi connectivity index (χ2v) is 6.60. The smallest absolute Gasteiger partial charge is 0.179 e. The third-order valence-corrected chi connectivity index (χ3v) is 5.27. The minimum Gasteiger partial charge on any atom is -0.357 e. The summed E-state index contributed by atoms with van der Waals surface area (Å²) in [6.45, 7) is 7.78. The maximum atomic E-state index is 13.5. The van der Waals surface area contributed by atoms with Crippen molar-refractivity contribution in [1.29, 1.82) is 0 Å². The Balaban J connectivity index is 0.00000243. The monoisotopic (exact) mass is 373 g/mol. The van der Waals surface area contributed by atoms with Gasteiger partial charge >= 0.3 is 0 Å². The highest BCUT2D eigenvalue weighted by Crippen LogP contribution is 2.42. The molecule has 1 aliphatic rings. The van der Waals surface area contributed by atoms with E-state index in [0.29, 0.717) is 6.61 Å². The van der Waals surface area contributed by atoms with Crippen molar-refractivity contribution in [3.8, 4) is 0 Å². The van der Waals surface area contributed by atoms with Crippen molar-refractivity contribution >= 4 is 18.2 Å². The van der Waals surface area contributed by atoms with Gasteiger partial charge in [0.15, 0.2) is 11.4 Å². The van der Waals surface area contributed by atoms with Crippen LogP contribution in [0, 0.1) is 5.92 Å². The highest BCUT2D eigenvalue weighted by Gasteiger charge is 2.51. The van der Waals surface area contributed by atoms with Gasteiger partial charge in [0.25, 0.3) is 0 Å². The lowest BCUT2D eigenvalue weighted by molar-refractivity contribution is -0.130. The van der Waals surface area contributed by atoms with Gasteiger partial charge in [-0.1, -0.05) is 74.5 Å². The first-order valence-corrected chi connectivity index (χ1v) is 9.24. The molecule has 1 atom stereocenters. The van der Waals surface area contributed by atoms with Crippen molar-refractivity contribution in [3.05, 3.63) is 71.8 Å². The number of benzene rings is 2. The van der Waals surface area contributed by atoms with Crippen LogP contribution in [-0.2, 0) is 15.1 Å². The van der Waals surface area contributed by atoms with Crippen molar-refractivity contribution in [2.45, 2.75) is 25.9 Å². The fourth-order valence-corrected chi connectivity index (χ4v) is 3.72. The van der Waals surface area contributed by atoms with Gasteiger partial charge in [-0.3, -0.25) is 4.79 Å². The molecule has 1 fully saturated rings. The van der Waals surface area contributed by atoms with Crippen LogP contribution in [0.5, 0.6) is 0 Å². The molecule has 0 aliphatic carbocycles. The lowest BCUT2D eigenvalue weighted by atomic mass is 9.79. The van der Waals surface area contributed by atoms with E-state index in [0.717, 1.165) is 37.2 Å². The number of hydrogen-bond acceptors (Lipinski definition) is 3. The van der Waals surface area contributed by atoms with Crippen LogP contribution in [-0.4, -0.2) is 36.9 Å². The number of ether oxygens (including phenoxy) is 1. The predicted molar refractivity (Wildman–Crippen MR) is 108 cm³/mol. The van der Waals surface area contributed by atoms with E-state index in [9.17, 15) is 4.79 Å². The Bertz CT molecular complexity index is 646. The zero-order chi connectivity index (χ0) is 17.7. The Morgan fingerprint density at radius 2 is 1.46 bits per heavy atom. The molecule has 1 heterocycles. The molecule has 1 aliphatic heterocycles. The Morgan fingerprint density at radius 1 is 0.962 bits per heavy atom. The molecule has 0 radical (unpaired) electrons. The second kappa shape index (κ2) is 9.31. The number of halogens is 1. The minimum absolute atomic E-state index is 0. The summed E-state index contributed by atoms with van der Waals surface area (Å²) in [6, 6.07) is 19.8. The molecule has 0 saturated carbocycles. The summed E-state index contributed by atoms with van der Waals surface area (Å²) in [7, 11) is 0. The molecule has 0 N–H and O–H groups in total. The molecule has 3 nitrogen and oxygen atoms in total. The number of Topliss-reactive ketones (excluding diaryl/α,β-unsaturated/α-hetero) is 1. The summed E-state index contributed by atoms with van der Waals surface area (Å²) in [5, 5.41) is 0. The number of carbonyl (C=O) groups excluding carboxylic acids is 1. The van der Waals surface area contributed by atoms with E-state index >= 15 is 0 Å². The van der Waals surface area contributed by atoms with Crippen molar-refractivity contribution in [3.63, 3.8) is 0 Å². The van der Waals surface area contributed by atoms with E-state index in [1.807, 2.05) is 60.7 Å². The summed E-state index contributed by atoms with van der Waals surface area (Å²) < 4.78 is 6.27. The van der Waals surface area contributed by atoms with Crippen LogP contribution in [0.15, 0.2) is 60.7 Å². The largest absolute Gasteiger partial charge is 0.357 e. The average molecular weight is 374 g/mol. The SMILES string of the molecule is CCN(CC)CCC1COC(c2ccccc2)(c2ccccc2)C1=O.Cl. The van der Waals surface area contributed by atoms with Crippen molar-refractivity contribution in [2.75, 3.05) is 26.2 Å². The van der Waals surface area contributed by atoms with Crippen LogP contribution in [0.25, 0.3) is 0 Å². The third-order valence-electron chi connectivity index (χ3n) is 5.27. The molecule has 26 heavy (non-hydrogen) atoms. The maximum absolute atomic E-state index is 13.5. The molecular formula is C22H28ClNO2. The first-order chi connectivity index (χ1) is 12.2. The third kappa shape index (κ3) is 3.85. The lowest BCUT2D eigenvalue weighted by Gasteiger charge is -2.28. The Hall–Kier alpha value is -1.68. The molecule has 2 aromatic rings. The number of rotatable bonds is 7. The van der Waals surface area contributed by atoms with Gasteiger partial charge in [0.2, 0.25) is 0 Å². The summed E-state index contributed by atoms with van der Waals surface area (Å²) >= 11 is 0. The molecule has 0 aromatic heterocycles. The lowest BCUT2D eigenvalue weighted by Crippen LogP contribution is -2.37. The van der Waals surface area contributed by atoms with Crippen LogP contribution in [0.4, 0.5) is 0 Å². The summed E-state index contributed by atoms with van der Waals surface area (Å²) in [4.78, 5) is 15.8. The van der Waals surface area contributed by atoms with Gasteiger partial charge in [-0.05, 0) is 37.2 Å². The molecule has 2 aromatic carbocycles. The molecule has 0 amide bonds. The van der Waals surface area contributed by atoms with Crippen molar-refractivity contribution < 1.29 is 9.53 Å². The zero-order valence-corrected chi connectivity index (χ0v) is 16.4. The Morgan fingerprint density at radius 3 is 1.92 bits per heavy atom. The van der Waals surface area contributed by atoms with Gasteiger partial charge in [-0.15, -0.1) is 12.4 Å². The van der Waals surface area contributed by atoms with Gasteiger partial charge < -0.3 is 9.64 Å². The van der Waals surface area contributed by atoms with Crippen LogP contribution < -0.4 is 0 Å². The molecule has 1 saturated heterocycles. The van der Waals surface area contributed by atoms with Gasteiger partial charge in [-0.25, -0.2) is 0 Å². The standard InChI is InChI=1S/C22H27NO2.ClH/c1-3-23(4-2)16-15-18-17-25-22(21(18)24,19-11-7-5-8-12-19)20-13-9-6-10-14-20;/h5-14,18H,3-4,15-17H2,1-2H3;1H. The molecule has 0 bridgehead atoms. The minimum atomic E-state index is -0.962. The fourth-order valence-electron chi connectivity index (χ4n) is 3.72. The number of nitrogens with zero attached hydrogens (tertiary/aromatic N) is 1. The molecule has 0 spiro atoms. The normalized spacial score (nSPS) is 18.7. The molecule has 1 unspecified atom stereocenters. The van der Waals surface area contributed by atoms with E-state index < -0.39 is 5.60 Å². The van der Waals surface area contributed by atoms with Crippen LogP contribution in [0.3, 0.4) is 0 Å². The number of ketones is 1. The van der Waals surface area contributed by atoms with E-state index in [4.69, 9.17) is 4.74 Å². The zero-order valence-electron chi connectivity index (χ0n) is 15.6. The fraction of sp³-hybridized carbons (Fsp3) is 0.409. The van der Waals surface area contributed by atoms with E-state index in [1.54, 1.807) is 0 Å². The van der Waals surface area contributed by atoms with E-state index in [-0.39, 0.29) is 24.1 Å². The number of carbonyl (C=O) groups is 1. The highest BCUT2D eigenvalue weighted by atomic mass is 35.5. The Labute approximate surface area is 162 Å². The van der Waals surface area contributed by atoms with E-state index in [1.165, 1.54) is 0 Å². The van der Waals surface area contributed by atoms with Gasteiger partial charge in [-0.2, -0.15) is 0 Å². The number of hydrogen-bond donors (Lipinski definition) is 0. The first kappa shape index (κ1) is 20.6. The van der Waals surface area contributed by atoms with Gasteiger partial charge in [0, 0.05) is 5.92 Å². The van der Waals surface area contributed by atoms with Gasteiger partial charge in [0.05, 0.1) is 6.61 Å². The van der Waals surface area contributed by atoms with Crippen LogP contribution in [0.2, 0.25) is 0 Å². The quantitative estimate of drug-likeness (QED) is 0.724. The summed E-state index contributed by atoms with van der Waals surface area (Å²) in [6.07, 6.45) is 0.849.